The maximum absolute atomic E-state index is 11.2. The predicted octanol–water partition coefficient (Wildman–Crippen LogP) is 3.01. The van der Waals surface area contributed by atoms with E-state index in [2.05, 4.69) is 35.3 Å². The molecule has 7 rings (SSSR count). The molecular weight excluding hydrogens is 580 g/mol. The zero-order valence-corrected chi connectivity index (χ0v) is 24.7. The molecule has 5 aromatic heterocycles. The van der Waals surface area contributed by atoms with Gasteiger partial charge in [0.1, 0.15) is 36.7 Å². The lowest BCUT2D eigenvalue weighted by molar-refractivity contribution is -0.396. The second kappa shape index (κ2) is 12.4. The molecule has 1 aliphatic heterocycles. The number of nitrogens with zero attached hydrogens (tertiary/aromatic N) is 11. The fourth-order valence-electron chi connectivity index (χ4n) is 5.71. The van der Waals surface area contributed by atoms with E-state index < -0.39 is 4.92 Å². The number of anilines is 2. The van der Waals surface area contributed by atoms with E-state index in [1.807, 2.05) is 12.1 Å². The minimum Gasteiger partial charge on any atom is -0.474 e. The zero-order valence-electron chi connectivity index (χ0n) is 24.7. The molecule has 0 amide bonds. The van der Waals surface area contributed by atoms with Crippen LogP contribution >= 0.6 is 0 Å². The molecule has 45 heavy (non-hydrogen) atoms. The minimum atomic E-state index is -0.516. The number of nitro groups is 1. The van der Waals surface area contributed by atoms with Crippen molar-refractivity contribution in [3.8, 4) is 17.3 Å². The molecule has 0 spiro atoms. The van der Waals surface area contributed by atoms with Crippen molar-refractivity contribution in [1.82, 2.24) is 44.3 Å². The monoisotopic (exact) mass is 612 g/mol. The molecular formula is C29H32N12O4. The Hall–Kier alpha value is -5.25. The normalized spacial score (nSPS) is 18.6. The van der Waals surface area contributed by atoms with Gasteiger partial charge in [0.05, 0.1) is 31.2 Å². The van der Waals surface area contributed by atoms with Crippen molar-refractivity contribution in [2.45, 2.75) is 44.4 Å². The first-order valence-corrected chi connectivity index (χ1v) is 14.9. The Morgan fingerprint density at radius 3 is 2.60 bits per heavy atom. The van der Waals surface area contributed by atoms with Gasteiger partial charge in [-0.25, -0.2) is 24.2 Å². The number of imidazole rings is 1. The summed E-state index contributed by atoms with van der Waals surface area (Å²) in [7, 11) is 1.60. The van der Waals surface area contributed by atoms with Crippen molar-refractivity contribution in [2.24, 2.45) is 7.05 Å². The second-order valence-corrected chi connectivity index (χ2v) is 11.1. The summed E-state index contributed by atoms with van der Waals surface area (Å²) in [6.45, 7) is 3.05. The molecule has 2 aliphatic rings. The number of hydrogen-bond acceptors (Lipinski definition) is 13. The van der Waals surface area contributed by atoms with E-state index in [9.17, 15) is 10.1 Å². The predicted molar refractivity (Wildman–Crippen MR) is 163 cm³/mol. The number of fused-ring (bicyclic) bond motifs is 1. The van der Waals surface area contributed by atoms with Gasteiger partial charge in [0, 0.05) is 49.4 Å². The summed E-state index contributed by atoms with van der Waals surface area (Å²) in [6, 6.07) is 6.03. The lowest BCUT2D eigenvalue weighted by Crippen LogP contribution is -2.37. The maximum atomic E-state index is 11.2. The second-order valence-electron chi connectivity index (χ2n) is 11.1. The van der Waals surface area contributed by atoms with Crippen molar-refractivity contribution in [3.05, 3.63) is 65.1 Å². The van der Waals surface area contributed by atoms with Crippen LogP contribution in [0, 0.1) is 10.1 Å². The topological polar surface area (TPSA) is 177 Å². The summed E-state index contributed by atoms with van der Waals surface area (Å²) < 4.78 is 15.2. The lowest BCUT2D eigenvalue weighted by Gasteiger charge is -2.31. The van der Waals surface area contributed by atoms with Crippen molar-refractivity contribution in [3.63, 3.8) is 0 Å². The van der Waals surface area contributed by atoms with Gasteiger partial charge in [-0.15, -0.1) is 0 Å². The highest BCUT2D eigenvalue weighted by Gasteiger charge is 2.26. The molecule has 16 heteroatoms. The largest absolute Gasteiger partial charge is 0.474 e. The highest BCUT2D eigenvalue weighted by Crippen LogP contribution is 2.33. The van der Waals surface area contributed by atoms with Crippen LogP contribution in [0.15, 0.2) is 49.3 Å². The smallest absolute Gasteiger partial charge is 0.434 e. The Balaban J connectivity index is 1.13. The molecule has 16 nitrogen and oxygen atoms in total. The van der Waals surface area contributed by atoms with Crippen LogP contribution in [0.3, 0.4) is 0 Å². The number of pyridine rings is 2. The van der Waals surface area contributed by atoms with Gasteiger partial charge in [0.2, 0.25) is 11.8 Å². The molecule has 0 atom stereocenters. The summed E-state index contributed by atoms with van der Waals surface area (Å²) in [5, 5.41) is 20.0. The fraction of sp³-hybridized carbons (Fsp3) is 0.414. The van der Waals surface area contributed by atoms with Crippen molar-refractivity contribution >= 4 is 28.6 Å². The first-order chi connectivity index (χ1) is 22.0. The first kappa shape index (κ1) is 28.5. The number of hydrogen-bond donors (Lipinski definition) is 1. The van der Waals surface area contributed by atoms with Crippen LogP contribution in [0.4, 0.5) is 17.7 Å². The van der Waals surface area contributed by atoms with Gasteiger partial charge in [0.15, 0.2) is 5.82 Å². The van der Waals surface area contributed by atoms with E-state index in [1.165, 1.54) is 10.8 Å². The van der Waals surface area contributed by atoms with Crippen molar-refractivity contribution < 1.29 is 14.4 Å². The van der Waals surface area contributed by atoms with Crippen LogP contribution in [0.5, 0.6) is 5.88 Å². The Labute approximate surface area is 257 Å². The van der Waals surface area contributed by atoms with E-state index in [0.29, 0.717) is 42.1 Å². The molecule has 232 valence electrons. The van der Waals surface area contributed by atoms with Gasteiger partial charge in [-0.3, -0.25) is 4.98 Å². The maximum Gasteiger partial charge on any atom is 0.434 e. The fourth-order valence-corrected chi connectivity index (χ4v) is 5.71. The Morgan fingerprint density at radius 1 is 1.04 bits per heavy atom. The summed E-state index contributed by atoms with van der Waals surface area (Å²) in [5.41, 5.74) is 2.11. The van der Waals surface area contributed by atoms with E-state index in [1.54, 1.807) is 42.7 Å². The number of rotatable bonds is 9. The Bertz CT molecular complexity index is 1800. The Morgan fingerprint density at radius 2 is 1.84 bits per heavy atom. The first-order valence-electron chi connectivity index (χ1n) is 14.9. The minimum absolute atomic E-state index is 0.000628. The van der Waals surface area contributed by atoms with Gasteiger partial charge in [-0.05, 0) is 42.7 Å². The van der Waals surface area contributed by atoms with Crippen LogP contribution in [0.2, 0.25) is 0 Å². The van der Waals surface area contributed by atoms with E-state index >= 15 is 0 Å². The van der Waals surface area contributed by atoms with E-state index in [0.717, 1.165) is 55.5 Å². The molecule has 2 fully saturated rings. The van der Waals surface area contributed by atoms with Crippen LogP contribution in [-0.4, -0.2) is 87.6 Å². The van der Waals surface area contributed by atoms with E-state index in [4.69, 9.17) is 19.4 Å². The molecule has 1 saturated heterocycles. The molecule has 1 N–H and O–H groups in total. The SMILES string of the molecule is Cn1c(Cn2cnc(-c3cnc4cc(N5CCOCC5)nc(OC5CCC(Nc6ncccn6)CC5)c4c3)n2)cnc1[N+](=O)[O-]. The van der Waals surface area contributed by atoms with Crippen LogP contribution in [-0.2, 0) is 18.3 Å². The highest BCUT2D eigenvalue weighted by atomic mass is 16.6. The summed E-state index contributed by atoms with van der Waals surface area (Å²) in [5.74, 6) is 2.23. The van der Waals surface area contributed by atoms with Gasteiger partial charge in [0.25, 0.3) is 0 Å². The number of nitrogens with one attached hydrogen (secondary N) is 1. The summed E-state index contributed by atoms with van der Waals surface area (Å²) in [4.78, 5) is 39.6. The molecule has 6 heterocycles. The number of morpholine rings is 1. The summed E-state index contributed by atoms with van der Waals surface area (Å²) >= 11 is 0. The lowest BCUT2D eigenvalue weighted by atomic mass is 9.93. The standard InChI is InChI=1S/C29H32N12O4/c1-38-21(16-33-29(38)41(42)43)17-40-18-34-26(37-40)19-13-23-24(32-15-19)14-25(39-9-11-44-12-10-39)36-27(23)45-22-5-3-20(4-6-22)35-28-30-7-2-8-31-28/h2,7-8,13-16,18,20,22H,3-6,9-12,17H2,1H3,(H,30,31,35). The van der Waals surface area contributed by atoms with Gasteiger partial charge in [-0.1, -0.05) is 4.98 Å². The van der Waals surface area contributed by atoms with Crippen LogP contribution in [0.25, 0.3) is 22.3 Å². The highest BCUT2D eigenvalue weighted by molar-refractivity contribution is 5.88. The third kappa shape index (κ3) is 6.22. The number of ether oxygens (including phenoxy) is 2. The van der Waals surface area contributed by atoms with Crippen molar-refractivity contribution in [1.29, 1.82) is 0 Å². The molecule has 0 bridgehead atoms. The summed E-state index contributed by atoms with van der Waals surface area (Å²) in [6.07, 6.45) is 11.8. The zero-order chi connectivity index (χ0) is 30.8. The molecule has 0 unspecified atom stereocenters. The third-order valence-corrected chi connectivity index (χ3v) is 8.16. The molecule has 0 radical (unpaired) electrons. The third-order valence-electron chi connectivity index (χ3n) is 8.16. The van der Waals surface area contributed by atoms with Gasteiger partial charge < -0.3 is 29.8 Å². The van der Waals surface area contributed by atoms with Gasteiger partial charge in [-0.2, -0.15) is 10.1 Å². The molecule has 1 aliphatic carbocycles. The van der Waals surface area contributed by atoms with E-state index in [-0.39, 0.29) is 24.6 Å². The quantitative estimate of drug-likeness (QED) is 0.190. The molecule has 1 saturated carbocycles. The van der Waals surface area contributed by atoms with Crippen molar-refractivity contribution in [2.75, 3.05) is 36.5 Å². The molecule has 0 aromatic carbocycles. The Kier molecular flexibility index (Phi) is 7.85. The van der Waals surface area contributed by atoms with Gasteiger partial charge >= 0.3 is 5.95 Å². The van der Waals surface area contributed by atoms with Crippen LogP contribution < -0.4 is 15.0 Å². The average molecular weight is 613 g/mol. The molecule has 5 aromatic rings. The van der Waals surface area contributed by atoms with Crippen LogP contribution in [0.1, 0.15) is 31.4 Å². The number of aromatic nitrogens is 9. The average Bonchev–Trinajstić information content (AvgIpc) is 3.69.